The molecule has 0 aliphatic carbocycles. The number of hydrogen-bond donors (Lipinski definition) is 2. The number of hydrogen-bond acceptors (Lipinski definition) is 3. The van der Waals surface area contributed by atoms with Gasteiger partial charge in [-0.15, -0.1) is 0 Å². The Bertz CT molecular complexity index is 260. The Balaban J connectivity index is 4.02. The third kappa shape index (κ3) is 7.76. The van der Waals surface area contributed by atoms with Crippen LogP contribution in [-0.2, 0) is 10.0 Å². The normalized spacial score (nSPS) is 13.1. The van der Waals surface area contributed by atoms with Gasteiger partial charge in [-0.05, 0) is 18.3 Å². The maximum absolute atomic E-state index is 11.5. The Hall–Kier alpha value is -0.130. The van der Waals surface area contributed by atoms with E-state index in [0.717, 1.165) is 6.42 Å². The molecule has 2 N–H and O–H groups in total. The molecule has 0 spiro atoms. The molecule has 15 heavy (non-hydrogen) atoms. The van der Waals surface area contributed by atoms with Crippen LogP contribution in [0, 0.1) is 5.41 Å². The minimum absolute atomic E-state index is 0.0870. The number of sulfonamides is 1. The van der Waals surface area contributed by atoms with E-state index in [2.05, 4.69) is 4.72 Å². The second-order valence-corrected chi connectivity index (χ2v) is 6.56. The van der Waals surface area contributed by atoms with Crippen LogP contribution in [0.4, 0.5) is 0 Å². The van der Waals surface area contributed by atoms with E-state index in [1.54, 1.807) is 0 Å². The van der Waals surface area contributed by atoms with Gasteiger partial charge in [-0.2, -0.15) is 0 Å². The van der Waals surface area contributed by atoms with Crippen LogP contribution in [0.3, 0.4) is 0 Å². The summed E-state index contributed by atoms with van der Waals surface area (Å²) in [6.07, 6.45) is 2.17. The molecule has 0 aromatic heterocycles. The lowest BCUT2D eigenvalue weighted by Gasteiger charge is -2.23. The SMILES string of the molecule is CCCCS(=O)(=O)NCC(C)(C)CCO. The molecular formula is C10H23NO3S. The first-order valence-electron chi connectivity index (χ1n) is 5.41. The van der Waals surface area contributed by atoms with E-state index in [-0.39, 0.29) is 17.8 Å². The van der Waals surface area contributed by atoms with Crippen molar-refractivity contribution in [2.24, 2.45) is 5.41 Å². The molecule has 0 fully saturated rings. The van der Waals surface area contributed by atoms with Gasteiger partial charge in [0.2, 0.25) is 10.0 Å². The first-order chi connectivity index (χ1) is 6.83. The second-order valence-electron chi connectivity index (χ2n) is 4.63. The number of nitrogens with one attached hydrogen (secondary N) is 1. The molecular weight excluding hydrogens is 214 g/mol. The average molecular weight is 237 g/mol. The lowest BCUT2D eigenvalue weighted by atomic mass is 9.90. The molecule has 0 aliphatic rings. The largest absolute Gasteiger partial charge is 0.396 e. The number of unbranched alkanes of at least 4 members (excludes halogenated alkanes) is 1. The summed E-state index contributed by atoms with van der Waals surface area (Å²) in [5, 5.41) is 8.80. The van der Waals surface area contributed by atoms with E-state index in [1.807, 2.05) is 20.8 Å². The maximum atomic E-state index is 11.5. The maximum Gasteiger partial charge on any atom is 0.211 e. The molecule has 0 radical (unpaired) electrons. The molecule has 0 aromatic carbocycles. The van der Waals surface area contributed by atoms with Gasteiger partial charge in [-0.25, -0.2) is 13.1 Å². The summed E-state index contributed by atoms with van der Waals surface area (Å²) in [7, 11) is -3.13. The predicted molar refractivity (Wildman–Crippen MR) is 62.2 cm³/mol. The summed E-state index contributed by atoms with van der Waals surface area (Å²) in [6.45, 7) is 6.31. The average Bonchev–Trinajstić information content (AvgIpc) is 2.12. The van der Waals surface area contributed by atoms with Crippen LogP contribution < -0.4 is 4.72 Å². The summed E-state index contributed by atoms with van der Waals surface area (Å²) in [5.41, 5.74) is -0.186. The van der Waals surface area contributed by atoms with E-state index in [9.17, 15) is 8.42 Å². The van der Waals surface area contributed by atoms with Crippen molar-refractivity contribution in [1.29, 1.82) is 0 Å². The topological polar surface area (TPSA) is 66.4 Å². The highest BCUT2D eigenvalue weighted by Gasteiger charge is 2.20. The van der Waals surface area contributed by atoms with Crippen molar-refractivity contribution in [2.45, 2.75) is 40.0 Å². The monoisotopic (exact) mass is 237 g/mol. The molecule has 0 rings (SSSR count). The summed E-state index contributed by atoms with van der Waals surface area (Å²) in [5.74, 6) is 0.193. The standard InChI is InChI=1S/C10H23NO3S/c1-4-5-8-15(13,14)11-9-10(2,3)6-7-12/h11-12H,4-9H2,1-3H3. The zero-order chi connectivity index (χ0) is 11.9. The van der Waals surface area contributed by atoms with E-state index >= 15 is 0 Å². The Morgan fingerprint density at radius 1 is 1.33 bits per heavy atom. The fourth-order valence-electron chi connectivity index (χ4n) is 1.10. The minimum Gasteiger partial charge on any atom is -0.396 e. The van der Waals surface area contributed by atoms with Crippen molar-refractivity contribution >= 4 is 10.0 Å². The molecule has 0 aromatic rings. The summed E-state index contributed by atoms with van der Waals surface area (Å²) >= 11 is 0. The van der Waals surface area contributed by atoms with Gasteiger partial charge in [0.1, 0.15) is 0 Å². The Labute approximate surface area is 93.1 Å². The summed E-state index contributed by atoms with van der Waals surface area (Å²) < 4.78 is 25.5. The molecule has 92 valence electrons. The number of aliphatic hydroxyl groups excluding tert-OH is 1. The van der Waals surface area contributed by atoms with Gasteiger partial charge in [0, 0.05) is 13.2 Å². The molecule has 0 heterocycles. The molecule has 0 bridgehead atoms. The molecule has 0 unspecified atom stereocenters. The number of rotatable bonds is 8. The van der Waals surface area contributed by atoms with Crippen molar-refractivity contribution in [3.05, 3.63) is 0 Å². The second kappa shape index (κ2) is 6.45. The van der Waals surface area contributed by atoms with Gasteiger partial charge in [0.05, 0.1) is 5.75 Å². The molecule has 0 amide bonds. The van der Waals surface area contributed by atoms with E-state index in [0.29, 0.717) is 19.4 Å². The fraction of sp³-hybridized carbons (Fsp3) is 1.00. The molecule has 0 aliphatic heterocycles. The van der Waals surface area contributed by atoms with Crippen LogP contribution in [0.15, 0.2) is 0 Å². The van der Waals surface area contributed by atoms with E-state index in [1.165, 1.54) is 0 Å². The lowest BCUT2D eigenvalue weighted by molar-refractivity contribution is 0.213. The van der Waals surface area contributed by atoms with E-state index in [4.69, 9.17) is 5.11 Å². The van der Waals surface area contributed by atoms with Gasteiger partial charge in [0.15, 0.2) is 0 Å². The van der Waals surface area contributed by atoms with Crippen molar-refractivity contribution in [3.8, 4) is 0 Å². The van der Waals surface area contributed by atoms with Gasteiger partial charge in [0.25, 0.3) is 0 Å². The van der Waals surface area contributed by atoms with Crippen LogP contribution >= 0.6 is 0 Å². The van der Waals surface area contributed by atoms with Gasteiger partial charge >= 0.3 is 0 Å². The number of aliphatic hydroxyl groups is 1. The summed E-state index contributed by atoms with van der Waals surface area (Å²) in [6, 6.07) is 0. The van der Waals surface area contributed by atoms with Crippen LogP contribution in [0.25, 0.3) is 0 Å². The Kier molecular flexibility index (Phi) is 6.40. The van der Waals surface area contributed by atoms with Crippen LogP contribution in [0.2, 0.25) is 0 Å². The smallest absolute Gasteiger partial charge is 0.211 e. The van der Waals surface area contributed by atoms with E-state index < -0.39 is 10.0 Å². The molecule has 0 saturated heterocycles. The van der Waals surface area contributed by atoms with Crippen molar-refractivity contribution in [3.63, 3.8) is 0 Å². The van der Waals surface area contributed by atoms with Crippen LogP contribution in [0.5, 0.6) is 0 Å². The summed E-state index contributed by atoms with van der Waals surface area (Å²) in [4.78, 5) is 0. The Morgan fingerprint density at radius 2 is 1.93 bits per heavy atom. The third-order valence-electron chi connectivity index (χ3n) is 2.33. The first kappa shape index (κ1) is 14.9. The van der Waals surface area contributed by atoms with Gasteiger partial charge in [-0.3, -0.25) is 0 Å². The molecule has 0 saturated carbocycles. The molecule has 0 atom stereocenters. The van der Waals surface area contributed by atoms with Crippen molar-refractivity contribution in [1.82, 2.24) is 4.72 Å². The zero-order valence-corrected chi connectivity index (χ0v) is 10.7. The zero-order valence-electron chi connectivity index (χ0n) is 9.91. The minimum atomic E-state index is -3.13. The Morgan fingerprint density at radius 3 is 2.40 bits per heavy atom. The third-order valence-corrected chi connectivity index (χ3v) is 3.74. The van der Waals surface area contributed by atoms with Crippen molar-refractivity contribution < 1.29 is 13.5 Å². The first-order valence-corrected chi connectivity index (χ1v) is 7.06. The van der Waals surface area contributed by atoms with Crippen LogP contribution in [-0.4, -0.2) is 32.4 Å². The highest BCUT2D eigenvalue weighted by molar-refractivity contribution is 7.89. The molecule has 4 nitrogen and oxygen atoms in total. The lowest BCUT2D eigenvalue weighted by Crippen LogP contribution is -2.35. The molecule has 5 heteroatoms. The van der Waals surface area contributed by atoms with Crippen LogP contribution in [0.1, 0.15) is 40.0 Å². The van der Waals surface area contributed by atoms with Gasteiger partial charge < -0.3 is 5.11 Å². The highest BCUT2D eigenvalue weighted by Crippen LogP contribution is 2.18. The van der Waals surface area contributed by atoms with Crippen molar-refractivity contribution in [2.75, 3.05) is 18.9 Å². The fourth-order valence-corrected chi connectivity index (χ4v) is 2.53. The predicted octanol–water partition coefficient (Wildman–Crippen LogP) is 1.11. The highest BCUT2D eigenvalue weighted by atomic mass is 32.2. The van der Waals surface area contributed by atoms with Gasteiger partial charge in [-0.1, -0.05) is 27.2 Å². The quantitative estimate of drug-likeness (QED) is 0.664.